The average Bonchev–Trinajstić information content (AvgIpc) is 3.40. The molecule has 428 valence electrons. The molecule has 74 heavy (non-hydrogen) atoms. The smallest absolute Gasteiger partial charge is 0.306 e. The quantitative estimate of drug-likeness (QED) is 0.0261. The molecular weight excluding hydrogens is 913 g/mol. The van der Waals surface area contributed by atoms with Gasteiger partial charge in [0, 0.05) is 19.3 Å². The number of hydrogen-bond donors (Lipinski definition) is 0. The van der Waals surface area contributed by atoms with Gasteiger partial charge in [0.25, 0.3) is 0 Å². The Labute approximate surface area is 459 Å². The van der Waals surface area contributed by atoms with E-state index in [9.17, 15) is 14.4 Å². The lowest BCUT2D eigenvalue weighted by Crippen LogP contribution is -2.30. The van der Waals surface area contributed by atoms with Gasteiger partial charge in [-0.25, -0.2) is 0 Å². The molecule has 0 heterocycles. The van der Waals surface area contributed by atoms with Crippen LogP contribution in [0.1, 0.15) is 323 Å². The van der Waals surface area contributed by atoms with E-state index in [-0.39, 0.29) is 31.1 Å². The summed E-state index contributed by atoms with van der Waals surface area (Å²) in [6, 6.07) is 0. The molecule has 6 nitrogen and oxygen atoms in total. The molecule has 0 N–H and O–H groups in total. The first-order valence-corrected chi connectivity index (χ1v) is 31.9. The van der Waals surface area contributed by atoms with Gasteiger partial charge >= 0.3 is 17.9 Å². The first-order chi connectivity index (χ1) is 36.5. The second kappa shape index (κ2) is 62.4. The number of ether oxygens (including phenoxy) is 3. The van der Waals surface area contributed by atoms with Gasteiger partial charge in [-0.3, -0.25) is 14.4 Å². The van der Waals surface area contributed by atoms with Gasteiger partial charge in [0.05, 0.1) is 0 Å². The van der Waals surface area contributed by atoms with Crippen molar-refractivity contribution in [2.75, 3.05) is 13.2 Å². The summed E-state index contributed by atoms with van der Waals surface area (Å²) in [6.07, 6.45) is 80.4. The Hall–Kier alpha value is -3.15. The van der Waals surface area contributed by atoms with E-state index in [0.717, 1.165) is 103 Å². The highest BCUT2D eigenvalue weighted by Gasteiger charge is 2.19. The highest BCUT2D eigenvalue weighted by Crippen LogP contribution is 2.17. The zero-order valence-electron chi connectivity index (χ0n) is 49.1. The lowest BCUT2D eigenvalue weighted by Gasteiger charge is -2.18. The molecule has 1 atom stereocenters. The second-order valence-corrected chi connectivity index (χ2v) is 21.3. The topological polar surface area (TPSA) is 78.9 Å². The van der Waals surface area contributed by atoms with Gasteiger partial charge in [-0.1, -0.05) is 286 Å². The van der Waals surface area contributed by atoms with Gasteiger partial charge in [-0.2, -0.15) is 0 Å². The molecule has 1 unspecified atom stereocenters. The van der Waals surface area contributed by atoms with Crippen LogP contribution in [-0.2, 0) is 28.6 Å². The normalized spacial score (nSPS) is 12.5. The average molecular weight is 1030 g/mol. The minimum Gasteiger partial charge on any atom is -0.462 e. The maximum absolute atomic E-state index is 12.9. The van der Waals surface area contributed by atoms with E-state index >= 15 is 0 Å². The van der Waals surface area contributed by atoms with Crippen LogP contribution in [0, 0.1) is 0 Å². The highest BCUT2D eigenvalue weighted by atomic mass is 16.6. The Morgan fingerprint density at radius 2 is 0.527 bits per heavy atom. The first-order valence-electron chi connectivity index (χ1n) is 31.9. The number of carbonyl (C=O) groups excluding carboxylic acids is 3. The molecule has 0 bridgehead atoms. The van der Waals surface area contributed by atoms with Crippen molar-refractivity contribution in [2.24, 2.45) is 0 Å². The zero-order valence-corrected chi connectivity index (χ0v) is 49.1. The SMILES string of the molecule is CC/C=C\C/C=C\C/C=C\C/C=C\CCCCCCCCCCC(=O)OCC(COC(=O)CCCCCCCCC/C=C\C/C=C\CCCCC)OC(=O)CCCCCCCCCCCCCCCCCCCC. The maximum atomic E-state index is 12.9. The largest absolute Gasteiger partial charge is 0.462 e. The summed E-state index contributed by atoms with van der Waals surface area (Å²) in [4.78, 5) is 38.3. The fourth-order valence-corrected chi connectivity index (χ4v) is 9.17. The van der Waals surface area contributed by atoms with Crippen molar-refractivity contribution in [1.82, 2.24) is 0 Å². The molecule has 0 aliphatic rings. The summed E-state index contributed by atoms with van der Waals surface area (Å²) in [6.45, 7) is 6.53. The zero-order chi connectivity index (χ0) is 53.6. The van der Waals surface area contributed by atoms with Crippen molar-refractivity contribution in [3.8, 4) is 0 Å². The third kappa shape index (κ3) is 59.7. The molecule has 0 amide bonds. The van der Waals surface area contributed by atoms with Crippen LogP contribution in [0.3, 0.4) is 0 Å². The maximum Gasteiger partial charge on any atom is 0.306 e. The molecule has 0 saturated heterocycles. The van der Waals surface area contributed by atoms with Crippen LogP contribution >= 0.6 is 0 Å². The molecule has 0 aromatic heterocycles. The second-order valence-electron chi connectivity index (χ2n) is 21.3. The van der Waals surface area contributed by atoms with Crippen molar-refractivity contribution in [1.29, 1.82) is 0 Å². The molecule has 0 aromatic carbocycles. The predicted molar refractivity (Wildman–Crippen MR) is 321 cm³/mol. The molecule has 0 fully saturated rings. The lowest BCUT2D eigenvalue weighted by molar-refractivity contribution is -0.167. The van der Waals surface area contributed by atoms with Crippen LogP contribution in [0.4, 0.5) is 0 Å². The summed E-state index contributed by atoms with van der Waals surface area (Å²) in [5, 5.41) is 0. The molecule has 0 saturated carbocycles. The predicted octanol–water partition coefficient (Wildman–Crippen LogP) is 21.7. The monoisotopic (exact) mass is 1030 g/mol. The van der Waals surface area contributed by atoms with Gasteiger partial charge in [0.1, 0.15) is 13.2 Å². The van der Waals surface area contributed by atoms with Gasteiger partial charge < -0.3 is 14.2 Å². The fourth-order valence-electron chi connectivity index (χ4n) is 9.17. The molecule has 0 rings (SSSR count). The van der Waals surface area contributed by atoms with Crippen molar-refractivity contribution < 1.29 is 28.6 Å². The van der Waals surface area contributed by atoms with E-state index in [0.29, 0.717) is 19.3 Å². The third-order valence-electron chi connectivity index (χ3n) is 13.9. The molecule has 0 aromatic rings. The van der Waals surface area contributed by atoms with Gasteiger partial charge in [-0.15, -0.1) is 0 Å². The Morgan fingerprint density at radius 3 is 0.851 bits per heavy atom. The van der Waals surface area contributed by atoms with Crippen LogP contribution in [0.15, 0.2) is 72.9 Å². The van der Waals surface area contributed by atoms with E-state index in [1.807, 2.05) is 0 Å². The first kappa shape index (κ1) is 70.8. The summed E-state index contributed by atoms with van der Waals surface area (Å²) in [7, 11) is 0. The molecule has 0 aliphatic heterocycles. The molecule has 6 heteroatoms. The molecule has 0 radical (unpaired) electrons. The van der Waals surface area contributed by atoms with Crippen LogP contribution < -0.4 is 0 Å². The molecule has 0 aliphatic carbocycles. The molecular formula is C68H120O6. The Morgan fingerprint density at radius 1 is 0.284 bits per heavy atom. The van der Waals surface area contributed by atoms with E-state index in [4.69, 9.17) is 14.2 Å². The van der Waals surface area contributed by atoms with Crippen LogP contribution in [0.5, 0.6) is 0 Å². The lowest BCUT2D eigenvalue weighted by atomic mass is 10.0. The van der Waals surface area contributed by atoms with Crippen molar-refractivity contribution in [2.45, 2.75) is 329 Å². The number of unbranched alkanes of at least 4 members (excludes halogenated alkanes) is 35. The van der Waals surface area contributed by atoms with E-state index in [1.54, 1.807) is 0 Å². The van der Waals surface area contributed by atoms with Crippen molar-refractivity contribution >= 4 is 17.9 Å². The minimum atomic E-state index is -0.782. The van der Waals surface area contributed by atoms with Crippen LogP contribution in [0.2, 0.25) is 0 Å². The van der Waals surface area contributed by atoms with E-state index in [1.165, 1.54) is 180 Å². The van der Waals surface area contributed by atoms with Crippen molar-refractivity contribution in [3.63, 3.8) is 0 Å². The van der Waals surface area contributed by atoms with E-state index in [2.05, 4.69) is 93.7 Å². The molecule has 0 spiro atoms. The standard InChI is InChI=1S/C68H120O6/c1-4-7-10-13-16-19-22-25-28-31-33-34-35-38-40-43-46-49-52-55-58-61-67(70)73-64-65(63-72-66(69)60-57-54-51-48-45-42-39-36-30-27-24-21-18-15-12-9-6-3)74-68(71)62-59-56-53-50-47-44-41-37-32-29-26-23-20-17-14-11-8-5-2/h7,10,16,18-19,21,25,27-28,30,33-34,65H,4-6,8-9,11-15,17,20,22-24,26,29,31-32,35-64H2,1-3H3/b10-7-,19-16-,21-18-,28-25-,30-27-,34-33-. The Balaban J connectivity index is 4.37. The van der Waals surface area contributed by atoms with Crippen LogP contribution in [-0.4, -0.2) is 37.2 Å². The summed E-state index contributed by atoms with van der Waals surface area (Å²) in [5.74, 6) is -0.877. The number of carbonyl (C=O) groups is 3. The number of allylic oxidation sites excluding steroid dienone is 12. The third-order valence-corrected chi connectivity index (χ3v) is 13.9. The number of rotatable bonds is 58. The van der Waals surface area contributed by atoms with Gasteiger partial charge in [0.2, 0.25) is 0 Å². The Kier molecular flexibility index (Phi) is 59.7. The summed E-state index contributed by atoms with van der Waals surface area (Å²) in [5.41, 5.74) is 0. The fraction of sp³-hybridized carbons (Fsp3) is 0.779. The highest BCUT2D eigenvalue weighted by molar-refractivity contribution is 5.71. The van der Waals surface area contributed by atoms with Crippen LogP contribution in [0.25, 0.3) is 0 Å². The minimum absolute atomic E-state index is 0.0793. The van der Waals surface area contributed by atoms with Gasteiger partial charge in [-0.05, 0) is 89.9 Å². The van der Waals surface area contributed by atoms with E-state index < -0.39 is 6.10 Å². The number of esters is 3. The summed E-state index contributed by atoms with van der Waals surface area (Å²) >= 11 is 0. The van der Waals surface area contributed by atoms with Gasteiger partial charge in [0.15, 0.2) is 6.10 Å². The number of hydrogen-bond acceptors (Lipinski definition) is 6. The Bertz CT molecular complexity index is 1370. The summed E-state index contributed by atoms with van der Waals surface area (Å²) < 4.78 is 16.9. The van der Waals surface area contributed by atoms with Crippen molar-refractivity contribution in [3.05, 3.63) is 72.9 Å².